The third kappa shape index (κ3) is 5.65. The summed E-state index contributed by atoms with van der Waals surface area (Å²) < 4.78 is 11.4. The number of carbonyl (C=O) groups excluding carboxylic acids is 1. The van der Waals surface area contributed by atoms with E-state index in [1.165, 1.54) is 0 Å². The molecule has 3 N–H and O–H groups in total. The first-order valence-corrected chi connectivity index (χ1v) is 11.0. The summed E-state index contributed by atoms with van der Waals surface area (Å²) in [5, 5.41) is 6.62. The van der Waals surface area contributed by atoms with E-state index in [2.05, 4.69) is 30.3 Å². The molecule has 34 heavy (non-hydrogen) atoms. The van der Waals surface area contributed by atoms with Crippen LogP contribution in [-0.4, -0.2) is 66.5 Å². The Bertz CT molecular complexity index is 1150. The van der Waals surface area contributed by atoms with E-state index < -0.39 is 0 Å². The van der Waals surface area contributed by atoms with Crippen molar-refractivity contribution in [1.29, 1.82) is 0 Å². The summed E-state index contributed by atoms with van der Waals surface area (Å²) >= 11 is 0. The van der Waals surface area contributed by atoms with Crippen LogP contribution in [0, 0.1) is 0 Å². The third-order valence-electron chi connectivity index (χ3n) is 5.34. The van der Waals surface area contributed by atoms with Gasteiger partial charge in [-0.1, -0.05) is 18.2 Å². The van der Waals surface area contributed by atoms with Crippen LogP contribution in [0.5, 0.6) is 6.01 Å². The quantitative estimate of drug-likeness (QED) is 0.293. The zero-order valence-electron chi connectivity index (χ0n) is 19.0. The minimum absolute atomic E-state index is 0.201. The summed E-state index contributed by atoms with van der Waals surface area (Å²) in [6, 6.07) is 14.9. The zero-order chi connectivity index (χ0) is 23.8. The van der Waals surface area contributed by atoms with Crippen molar-refractivity contribution >= 4 is 17.4 Å². The van der Waals surface area contributed by atoms with Crippen molar-refractivity contribution in [1.82, 2.24) is 20.3 Å². The molecule has 0 aliphatic carbocycles. The first-order valence-electron chi connectivity index (χ1n) is 11.0. The van der Waals surface area contributed by atoms with Crippen LogP contribution in [-0.2, 0) is 11.2 Å². The predicted molar refractivity (Wildman–Crippen MR) is 128 cm³/mol. The molecule has 1 aliphatic rings. The smallest absolute Gasteiger partial charge is 0.318 e. The van der Waals surface area contributed by atoms with E-state index in [9.17, 15) is 4.79 Å². The van der Waals surface area contributed by atoms with Crippen molar-refractivity contribution < 1.29 is 14.3 Å². The number of nitrogens with zero attached hydrogens (tertiary/aromatic N) is 5. The second-order valence-electron chi connectivity index (χ2n) is 7.55. The molecule has 3 heterocycles. The van der Waals surface area contributed by atoms with Gasteiger partial charge in [0.1, 0.15) is 17.2 Å². The maximum Gasteiger partial charge on any atom is 0.318 e. The number of pyridine rings is 1. The second kappa shape index (κ2) is 11.2. The number of morpholine rings is 1. The third-order valence-corrected chi connectivity index (χ3v) is 5.34. The van der Waals surface area contributed by atoms with Crippen LogP contribution in [0.25, 0.3) is 0 Å². The van der Waals surface area contributed by atoms with Gasteiger partial charge in [0.05, 0.1) is 19.8 Å². The number of nitrogens with two attached hydrogens (primary N) is 1. The van der Waals surface area contributed by atoms with Crippen LogP contribution < -0.4 is 20.8 Å². The van der Waals surface area contributed by atoms with Gasteiger partial charge in [-0.3, -0.25) is 9.78 Å². The summed E-state index contributed by atoms with van der Waals surface area (Å²) in [7, 11) is 1.58. The molecule has 1 saturated heterocycles. The Balaban J connectivity index is 1.64. The molecule has 1 fully saturated rings. The number of anilines is 1. The molecule has 0 saturated carbocycles. The number of benzene rings is 1. The molecule has 3 aromatic rings. The van der Waals surface area contributed by atoms with Crippen molar-refractivity contribution in [3.8, 4) is 6.01 Å². The summed E-state index contributed by atoms with van der Waals surface area (Å²) in [4.78, 5) is 27.7. The molecule has 1 aromatic carbocycles. The first-order chi connectivity index (χ1) is 16.7. The molecule has 4 rings (SSSR count). The van der Waals surface area contributed by atoms with Gasteiger partial charge >= 0.3 is 6.01 Å². The fourth-order valence-electron chi connectivity index (χ4n) is 3.59. The van der Waals surface area contributed by atoms with E-state index in [4.69, 9.17) is 15.3 Å². The Labute approximate surface area is 197 Å². The number of hydrogen-bond acceptors (Lipinski definition) is 9. The number of hydrazone groups is 1. The zero-order valence-corrected chi connectivity index (χ0v) is 19.0. The highest BCUT2D eigenvalue weighted by Gasteiger charge is 2.19. The van der Waals surface area contributed by atoms with Gasteiger partial charge in [0.2, 0.25) is 0 Å². The molecule has 176 valence electrons. The van der Waals surface area contributed by atoms with Crippen LogP contribution >= 0.6 is 0 Å². The van der Waals surface area contributed by atoms with Crippen LogP contribution in [0.1, 0.15) is 27.3 Å². The van der Waals surface area contributed by atoms with E-state index in [-0.39, 0.29) is 11.9 Å². The number of hydrogen-bond donors (Lipinski definition) is 2. The van der Waals surface area contributed by atoms with Crippen LogP contribution in [0.15, 0.2) is 59.8 Å². The Morgan fingerprint density at radius 3 is 2.71 bits per heavy atom. The molecule has 1 amide bonds. The molecular formula is C24H27N7O3. The van der Waals surface area contributed by atoms with Crippen LogP contribution in [0.2, 0.25) is 0 Å². The SMILES string of the molecule is CNC(=O)c1cccc(C(=NN)c2cc(N3CCOCC3)nc(OCCc3ccccn3)n2)c1. The highest BCUT2D eigenvalue weighted by molar-refractivity contribution is 6.12. The largest absolute Gasteiger partial charge is 0.463 e. The summed E-state index contributed by atoms with van der Waals surface area (Å²) in [6.45, 7) is 2.99. The predicted octanol–water partition coefficient (Wildman–Crippen LogP) is 1.40. The van der Waals surface area contributed by atoms with Crippen LogP contribution in [0.4, 0.5) is 5.82 Å². The number of rotatable bonds is 8. The van der Waals surface area contributed by atoms with Crippen LogP contribution in [0.3, 0.4) is 0 Å². The Hall–Kier alpha value is -4.05. The van der Waals surface area contributed by atoms with Gasteiger partial charge in [-0.15, -0.1) is 0 Å². The van der Waals surface area contributed by atoms with E-state index in [1.807, 2.05) is 30.3 Å². The number of carbonyl (C=O) groups is 1. The maximum atomic E-state index is 12.1. The lowest BCUT2D eigenvalue weighted by molar-refractivity contribution is 0.0963. The fourth-order valence-corrected chi connectivity index (χ4v) is 3.59. The highest BCUT2D eigenvalue weighted by Crippen LogP contribution is 2.21. The molecule has 2 aromatic heterocycles. The maximum absolute atomic E-state index is 12.1. The lowest BCUT2D eigenvalue weighted by Crippen LogP contribution is -2.37. The minimum atomic E-state index is -0.201. The lowest BCUT2D eigenvalue weighted by Gasteiger charge is -2.28. The van der Waals surface area contributed by atoms with Gasteiger partial charge in [-0.25, -0.2) is 0 Å². The average molecular weight is 462 g/mol. The average Bonchev–Trinajstić information content (AvgIpc) is 2.90. The topological polar surface area (TPSA) is 128 Å². The Morgan fingerprint density at radius 2 is 1.97 bits per heavy atom. The minimum Gasteiger partial charge on any atom is -0.463 e. The first kappa shape index (κ1) is 23.1. The molecule has 0 radical (unpaired) electrons. The van der Waals surface area contributed by atoms with E-state index in [1.54, 1.807) is 31.4 Å². The highest BCUT2D eigenvalue weighted by atomic mass is 16.5. The Kier molecular flexibility index (Phi) is 7.61. The monoisotopic (exact) mass is 461 g/mol. The molecule has 0 unspecified atom stereocenters. The number of ether oxygens (including phenoxy) is 2. The van der Waals surface area contributed by atoms with Gasteiger partial charge in [-0.2, -0.15) is 15.1 Å². The lowest BCUT2D eigenvalue weighted by atomic mass is 10.0. The van der Waals surface area contributed by atoms with Gasteiger partial charge in [-0.05, 0) is 24.3 Å². The molecule has 0 bridgehead atoms. The number of amides is 1. The van der Waals surface area contributed by atoms with E-state index in [0.717, 1.165) is 5.69 Å². The normalized spacial score (nSPS) is 14.0. The van der Waals surface area contributed by atoms with Gasteiger partial charge < -0.3 is 25.5 Å². The second-order valence-corrected chi connectivity index (χ2v) is 7.55. The van der Waals surface area contributed by atoms with Gasteiger partial charge in [0.15, 0.2) is 0 Å². The standard InChI is InChI=1S/C24H27N7O3/c1-26-23(32)18-6-4-5-17(15-18)22(30-25)20-16-21(31-10-13-33-14-11-31)29-24(28-20)34-12-8-19-7-2-3-9-27-19/h2-7,9,15-16H,8,10-14,25H2,1H3,(H,26,32). The van der Waals surface area contributed by atoms with Gasteiger partial charge in [0, 0.05) is 55.6 Å². The van der Waals surface area contributed by atoms with Crippen molar-refractivity contribution in [2.24, 2.45) is 10.9 Å². The van der Waals surface area contributed by atoms with E-state index >= 15 is 0 Å². The fraction of sp³-hybridized carbons (Fsp3) is 0.292. The van der Waals surface area contributed by atoms with Crippen molar-refractivity contribution in [3.63, 3.8) is 0 Å². The van der Waals surface area contributed by atoms with E-state index in [0.29, 0.717) is 67.7 Å². The molecule has 1 aliphatic heterocycles. The number of aromatic nitrogens is 3. The number of nitrogens with one attached hydrogen (secondary N) is 1. The van der Waals surface area contributed by atoms with Crippen molar-refractivity contribution in [2.75, 3.05) is 44.9 Å². The molecular weight excluding hydrogens is 434 g/mol. The van der Waals surface area contributed by atoms with Crippen molar-refractivity contribution in [3.05, 3.63) is 77.2 Å². The summed E-state index contributed by atoms with van der Waals surface area (Å²) in [5.41, 5.74) is 3.01. The molecule has 0 atom stereocenters. The molecule has 0 spiro atoms. The Morgan fingerprint density at radius 1 is 1.15 bits per heavy atom. The molecule has 10 heteroatoms. The van der Waals surface area contributed by atoms with Crippen molar-refractivity contribution in [2.45, 2.75) is 6.42 Å². The molecule has 10 nitrogen and oxygen atoms in total. The van der Waals surface area contributed by atoms with Gasteiger partial charge in [0.25, 0.3) is 5.91 Å². The summed E-state index contributed by atoms with van der Waals surface area (Å²) in [6.07, 6.45) is 2.37. The summed E-state index contributed by atoms with van der Waals surface area (Å²) in [5.74, 6) is 6.29.